The van der Waals surface area contributed by atoms with Crippen molar-refractivity contribution < 1.29 is 13.7 Å². The van der Waals surface area contributed by atoms with Gasteiger partial charge in [-0.25, -0.2) is 4.39 Å². The van der Waals surface area contributed by atoms with Crippen LogP contribution in [0.15, 0.2) is 59.1 Å². The smallest absolute Gasteiger partial charge is 0.167 e. The molecule has 1 saturated heterocycles. The summed E-state index contributed by atoms with van der Waals surface area (Å²) in [6.45, 7) is 1.87. The molecule has 4 rings (SSSR count). The summed E-state index contributed by atoms with van der Waals surface area (Å²) in [5.41, 5.74) is 2.50. The number of hydrogen-bond acceptors (Lipinski definition) is 4. The lowest BCUT2D eigenvalue weighted by Gasteiger charge is -2.42. The predicted molar refractivity (Wildman–Crippen MR) is 97.4 cm³/mol. The first-order valence-corrected chi connectivity index (χ1v) is 8.79. The van der Waals surface area contributed by atoms with Gasteiger partial charge in [0.05, 0.1) is 24.4 Å². The monoisotopic (exact) mass is 372 g/mol. The van der Waals surface area contributed by atoms with Gasteiger partial charge in [-0.15, -0.1) is 0 Å². The van der Waals surface area contributed by atoms with Crippen LogP contribution in [-0.2, 0) is 17.7 Å². The van der Waals surface area contributed by atoms with E-state index in [2.05, 4.69) is 10.5 Å². The molecular formula is C20H18ClFN2O2. The van der Waals surface area contributed by atoms with Crippen molar-refractivity contribution in [2.24, 2.45) is 0 Å². The lowest BCUT2D eigenvalue weighted by atomic mass is 9.90. The molecule has 134 valence electrons. The van der Waals surface area contributed by atoms with Gasteiger partial charge in [-0.3, -0.25) is 0 Å². The summed E-state index contributed by atoms with van der Waals surface area (Å²) >= 11 is 6.23. The third-order valence-electron chi connectivity index (χ3n) is 4.58. The summed E-state index contributed by atoms with van der Waals surface area (Å²) in [6.07, 6.45) is 0.683. The molecule has 0 spiro atoms. The Kier molecular flexibility index (Phi) is 4.76. The summed E-state index contributed by atoms with van der Waals surface area (Å²) in [7, 11) is 0. The molecule has 2 heterocycles. The topological polar surface area (TPSA) is 47.3 Å². The van der Waals surface area contributed by atoms with E-state index in [0.717, 1.165) is 21.8 Å². The van der Waals surface area contributed by atoms with Crippen LogP contribution in [0.2, 0.25) is 5.02 Å². The molecule has 2 aromatic carbocycles. The minimum atomic E-state index is -0.275. The van der Waals surface area contributed by atoms with Gasteiger partial charge in [0.2, 0.25) is 0 Å². The molecule has 1 aromatic heterocycles. The molecular weight excluding hydrogens is 355 g/mol. The van der Waals surface area contributed by atoms with Crippen LogP contribution in [0.3, 0.4) is 0 Å². The van der Waals surface area contributed by atoms with Crippen LogP contribution >= 0.6 is 11.6 Å². The molecule has 0 unspecified atom stereocenters. The van der Waals surface area contributed by atoms with E-state index in [-0.39, 0.29) is 11.4 Å². The van der Waals surface area contributed by atoms with Gasteiger partial charge < -0.3 is 14.6 Å². The van der Waals surface area contributed by atoms with Crippen molar-refractivity contribution in [2.45, 2.75) is 18.5 Å². The van der Waals surface area contributed by atoms with Crippen molar-refractivity contribution in [3.8, 4) is 11.3 Å². The van der Waals surface area contributed by atoms with Crippen LogP contribution < -0.4 is 5.32 Å². The van der Waals surface area contributed by atoms with Gasteiger partial charge in [0.15, 0.2) is 5.76 Å². The quantitative estimate of drug-likeness (QED) is 0.703. The number of halogens is 2. The molecule has 0 bridgehead atoms. The number of aromatic nitrogens is 1. The Bertz CT molecular complexity index is 891. The van der Waals surface area contributed by atoms with E-state index >= 15 is 0 Å². The van der Waals surface area contributed by atoms with Crippen molar-refractivity contribution in [1.29, 1.82) is 0 Å². The van der Waals surface area contributed by atoms with Crippen LogP contribution in [0.25, 0.3) is 11.3 Å². The largest absolute Gasteiger partial charge is 0.377 e. The lowest BCUT2D eigenvalue weighted by molar-refractivity contribution is -0.0755. The van der Waals surface area contributed by atoms with Crippen LogP contribution in [0.5, 0.6) is 0 Å². The molecule has 6 heteroatoms. The number of nitrogens with one attached hydrogen (secondary N) is 1. The van der Waals surface area contributed by atoms with Crippen LogP contribution in [0.4, 0.5) is 4.39 Å². The number of ether oxygens (including phenoxy) is 1. The molecule has 26 heavy (non-hydrogen) atoms. The maximum Gasteiger partial charge on any atom is 0.167 e. The molecule has 0 atom stereocenters. The van der Waals surface area contributed by atoms with Gasteiger partial charge in [0.1, 0.15) is 5.82 Å². The van der Waals surface area contributed by atoms with Gasteiger partial charge in [-0.1, -0.05) is 35.0 Å². The molecule has 3 aromatic rings. The van der Waals surface area contributed by atoms with E-state index in [1.165, 1.54) is 12.1 Å². The van der Waals surface area contributed by atoms with E-state index in [1.54, 1.807) is 12.1 Å². The third-order valence-corrected chi connectivity index (χ3v) is 4.94. The van der Waals surface area contributed by atoms with E-state index in [9.17, 15) is 4.39 Å². The highest BCUT2D eigenvalue weighted by Gasteiger charge is 2.39. The van der Waals surface area contributed by atoms with Crippen molar-refractivity contribution in [2.75, 3.05) is 13.2 Å². The summed E-state index contributed by atoms with van der Waals surface area (Å²) in [5, 5.41) is 8.46. The highest BCUT2D eigenvalue weighted by molar-refractivity contribution is 6.31. The molecule has 1 fully saturated rings. The Morgan fingerprint density at radius 1 is 1.12 bits per heavy atom. The Morgan fingerprint density at radius 3 is 2.58 bits per heavy atom. The lowest BCUT2D eigenvalue weighted by Crippen LogP contribution is -2.61. The first-order chi connectivity index (χ1) is 12.6. The Hall–Kier alpha value is -2.21. The fourth-order valence-corrected chi connectivity index (χ4v) is 3.23. The van der Waals surface area contributed by atoms with E-state index in [1.807, 2.05) is 30.3 Å². The fraction of sp³-hybridized carbons (Fsp3) is 0.250. The SMILES string of the molecule is Fc1ccc(-c2cc(CC3(NCc4ccccc4Cl)COC3)no2)cc1. The molecule has 0 radical (unpaired) electrons. The number of nitrogens with zero attached hydrogens (tertiary/aromatic N) is 1. The predicted octanol–water partition coefficient (Wildman–Crippen LogP) is 4.24. The normalized spacial score (nSPS) is 15.6. The maximum atomic E-state index is 13.1. The highest BCUT2D eigenvalue weighted by atomic mass is 35.5. The molecule has 0 saturated carbocycles. The zero-order chi connectivity index (χ0) is 18.0. The Balaban J connectivity index is 1.45. The standard InChI is InChI=1S/C20H18ClFN2O2/c21-18-4-2-1-3-15(18)11-23-20(12-25-13-20)10-17-9-19(26-24-17)14-5-7-16(22)8-6-14/h1-9,23H,10-13H2. The molecule has 1 aliphatic heterocycles. The second-order valence-electron chi connectivity index (χ2n) is 6.58. The average molecular weight is 373 g/mol. The van der Waals surface area contributed by atoms with Gasteiger partial charge in [-0.05, 0) is 35.9 Å². The first-order valence-electron chi connectivity index (χ1n) is 8.41. The van der Waals surface area contributed by atoms with Crippen molar-refractivity contribution >= 4 is 11.6 Å². The molecule has 0 amide bonds. The fourth-order valence-electron chi connectivity index (χ4n) is 3.03. The van der Waals surface area contributed by atoms with Crippen molar-refractivity contribution in [3.05, 3.63) is 76.7 Å². The van der Waals surface area contributed by atoms with Crippen LogP contribution in [-0.4, -0.2) is 23.9 Å². The minimum Gasteiger partial charge on any atom is -0.377 e. The molecule has 1 N–H and O–H groups in total. The summed E-state index contributed by atoms with van der Waals surface area (Å²) in [5.74, 6) is 0.351. The van der Waals surface area contributed by atoms with Gasteiger partial charge >= 0.3 is 0 Å². The number of hydrogen-bond donors (Lipinski definition) is 1. The summed E-state index contributed by atoms with van der Waals surface area (Å²) in [4.78, 5) is 0. The van der Waals surface area contributed by atoms with Crippen molar-refractivity contribution in [1.82, 2.24) is 10.5 Å². The number of benzene rings is 2. The Labute approximate surface area is 155 Å². The second-order valence-corrected chi connectivity index (χ2v) is 6.99. The first kappa shape index (κ1) is 17.2. The van der Waals surface area contributed by atoms with E-state index in [4.69, 9.17) is 20.9 Å². The summed E-state index contributed by atoms with van der Waals surface area (Å²) < 4.78 is 23.9. The molecule has 4 nitrogen and oxygen atoms in total. The van der Waals surface area contributed by atoms with Gasteiger partial charge in [-0.2, -0.15) is 0 Å². The third kappa shape index (κ3) is 3.65. The van der Waals surface area contributed by atoms with Gasteiger partial charge in [0, 0.05) is 29.6 Å². The number of rotatable bonds is 6. The molecule has 1 aliphatic rings. The molecule has 0 aliphatic carbocycles. The Morgan fingerprint density at radius 2 is 1.88 bits per heavy atom. The summed E-state index contributed by atoms with van der Waals surface area (Å²) in [6, 6.07) is 15.8. The van der Waals surface area contributed by atoms with Crippen molar-refractivity contribution in [3.63, 3.8) is 0 Å². The van der Waals surface area contributed by atoms with Gasteiger partial charge in [0.25, 0.3) is 0 Å². The van der Waals surface area contributed by atoms with E-state index in [0.29, 0.717) is 31.9 Å². The van der Waals surface area contributed by atoms with E-state index < -0.39 is 0 Å². The zero-order valence-corrected chi connectivity index (χ0v) is 14.8. The second kappa shape index (κ2) is 7.19. The maximum absolute atomic E-state index is 13.1. The van der Waals surface area contributed by atoms with Crippen LogP contribution in [0, 0.1) is 5.82 Å². The van der Waals surface area contributed by atoms with Crippen LogP contribution in [0.1, 0.15) is 11.3 Å². The zero-order valence-electron chi connectivity index (χ0n) is 14.0. The average Bonchev–Trinajstić information content (AvgIpc) is 3.07. The minimum absolute atomic E-state index is 0.184. The highest BCUT2D eigenvalue weighted by Crippen LogP contribution is 2.27.